The van der Waals surface area contributed by atoms with Crippen LogP contribution in [-0.2, 0) is 0 Å². The van der Waals surface area contributed by atoms with Crippen molar-refractivity contribution < 1.29 is 0 Å². The van der Waals surface area contributed by atoms with E-state index >= 15 is 0 Å². The van der Waals surface area contributed by atoms with Gasteiger partial charge in [-0.05, 0) is 54.9 Å². The Morgan fingerprint density at radius 3 is 2.45 bits per heavy atom. The molecule has 1 atom stereocenters. The lowest BCUT2D eigenvalue weighted by molar-refractivity contribution is 0.155. The Labute approximate surface area is 129 Å². The van der Waals surface area contributed by atoms with E-state index in [-0.39, 0.29) is 0 Å². The summed E-state index contributed by atoms with van der Waals surface area (Å²) < 4.78 is 0. The Hall–Kier alpha value is -0.340. The SMILES string of the molecule is CCCC(NC1CCC(C(C)(C)C)CC1)c1cccs1. The summed E-state index contributed by atoms with van der Waals surface area (Å²) in [7, 11) is 0. The van der Waals surface area contributed by atoms with Crippen LogP contribution >= 0.6 is 11.3 Å². The minimum atomic E-state index is 0.488. The molecular weight excluding hydrogens is 262 g/mol. The molecule has 2 heteroatoms. The lowest BCUT2D eigenvalue weighted by Crippen LogP contribution is -2.38. The maximum Gasteiger partial charge on any atom is 0.0416 e. The van der Waals surface area contributed by atoms with Crippen LogP contribution in [0.2, 0.25) is 0 Å². The zero-order chi connectivity index (χ0) is 14.6. The summed E-state index contributed by atoms with van der Waals surface area (Å²) in [6.45, 7) is 9.49. The molecule has 1 N–H and O–H groups in total. The van der Waals surface area contributed by atoms with Crippen LogP contribution in [0.4, 0.5) is 0 Å². The van der Waals surface area contributed by atoms with Gasteiger partial charge in [-0.1, -0.05) is 40.2 Å². The molecule has 20 heavy (non-hydrogen) atoms. The third-order valence-corrected chi connectivity index (χ3v) is 5.84. The van der Waals surface area contributed by atoms with Crippen molar-refractivity contribution in [2.75, 3.05) is 0 Å². The summed E-state index contributed by atoms with van der Waals surface area (Å²) in [5, 5.41) is 6.15. The van der Waals surface area contributed by atoms with Crippen LogP contribution in [0.1, 0.15) is 77.1 Å². The zero-order valence-electron chi connectivity index (χ0n) is 13.6. The van der Waals surface area contributed by atoms with Crippen LogP contribution in [0, 0.1) is 11.3 Å². The van der Waals surface area contributed by atoms with Gasteiger partial charge >= 0.3 is 0 Å². The van der Waals surface area contributed by atoms with Gasteiger partial charge in [0, 0.05) is 17.0 Å². The fourth-order valence-corrected chi connectivity index (χ4v) is 4.32. The Morgan fingerprint density at radius 2 is 1.95 bits per heavy atom. The van der Waals surface area contributed by atoms with Crippen LogP contribution in [0.25, 0.3) is 0 Å². The number of hydrogen-bond acceptors (Lipinski definition) is 2. The first-order valence-corrected chi connectivity index (χ1v) is 9.18. The molecule has 1 aliphatic carbocycles. The molecule has 1 aromatic rings. The number of rotatable bonds is 5. The smallest absolute Gasteiger partial charge is 0.0416 e. The van der Waals surface area contributed by atoms with Gasteiger partial charge in [0.15, 0.2) is 0 Å². The van der Waals surface area contributed by atoms with Crippen LogP contribution in [-0.4, -0.2) is 6.04 Å². The van der Waals surface area contributed by atoms with E-state index in [0.717, 1.165) is 12.0 Å². The molecule has 1 saturated carbocycles. The molecule has 114 valence electrons. The van der Waals surface area contributed by atoms with Crippen molar-refractivity contribution in [1.82, 2.24) is 5.32 Å². The summed E-state index contributed by atoms with van der Waals surface area (Å²) in [5.74, 6) is 0.909. The standard InChI is InChI=1S/C18H31NS/c1-5-7-16(17-8-6-13-20-17)19-15-11-9-14(10-12-15)18(2,3)4/h6,8,13-16,19H,5,7,9-12H2,1-4H3. The Morgan fingerprint density at radius 1 is 1.25 bits per heavy atom. The van der Waals surface area contributed by atoms with Crippen molar-refractivity contribution in [3.05, 3.63) is 22.4 Å². The maximum absolute atomic E-state index is 3.94. The molecule has 1 aromatic heterocycles. The molecule has 1 fully saturated rings. The molecule has 1 unspecified atom stereocenters. The van der Waals surface area contributed by atoms with Crippen LogP contribution in [0.5, 0.6) is 0 Å². The van der Waals surface area contributed by atoms with E-state index in [2.05, 4.69) is 50.5 Å². The number of thiophene rings is 1. The minimum Gasteiger partial charge on any atom is -0.306 e. The summed E-state index contributed by atoms with van der Waals surface area (Å²) in [5.41, 5.74) is 0.488. The Kier molecular flexibility index (Phi) is 5.68. The average molecular weight is 294 g/mol. The first-order chi connectivity index (χ1) is 9.50. The predicted molar refractivity (Wildman–Crippen MR) is 90.3 cm³/mol. The largest absolute Gasteiger partial charge is 0.306 e. The lowest BCUT2D eigenvalue weighted by Gasteiger charge is -2.38. The topological polar surface area (TPSA) is 12.0 Å². The molecule has 0 amide bonds. The van der Waals surface area contributed by atoms with Gasteiger partial charge in [0.05, 0.1) is 0 Å². The van der Waals surface area contributed by atoms with E-state index in [1.807, 2.05) is 11.3 Å². The van der Waals surface area contributed by atoms with Gasteiger partial charge in [0.1, 0.15) is 0 Å². The van der Waals surface area contributed by atoms with Crippen LogP contribution in [0.3, 0.4) is 0 Å². The number of nitrogens with one attached hydrogen (secondary N) is 1. The van der Waals surface area contributed by atoms with Crippen LogP contribution < -0.4 is 5.32 Å². The predicted octanol–water partition coefficient (Wildman–Crippen LogP) is 5.78. The molecule has 0 bridgehead atoms. The van der Waals surface area contributed by atoms with Gasteiger partial charge in [-0.3, -0.25) is 0 Å². The van der Waals surface area contributed by atoms with Gasteiger partial charge in [-0.25, -0.2) is 0 Å². The summed E-state index contributed by atoms with van der Waals surface area (Å²) in [6.07, 6.45) is 8.02. The monoisotopic (exact) mass is 293 g/mol. The molecule has 2 rings (SSSR count). The highest BCUT2D eigenvalue weighted by molar-refractivity contribution is 7.10. The molecule has 1 nitrogen and oxygen atoms in total. The molecule has 0 saturated heterocycles. The van der Waals surface area contributed by atoms with E-state index in [1.165, 1.54) is 43.4 Å². The molecule has 1 heterocycles. The second kappa shape index (κ2) is 7.09. The van der Waals surface area contributed by atoms with Crippen molar-refractivity contribution in [2.45, 2.75) is 78.3 Å². The van der Waals surface area contributed by atoms with E-state index in [1.54, 1.807) is 0 Å². The number of hydrogen-bond donors (Lipinski definition) is 1. The first-order valence-electron chi connectivity index (χ1n) is 8.30. The fourth-order valence-electron chi connectivity index (χ4n) is 3.50. The van der Waals surface area contributed by atoms with E-state index in [0.29, 0.717) is 11.5 Å². The minimum absolute atomic E-state index is 0.488. The van der Waals surface area contributed by atoms with Gasteiger partial charge in [-0.15, -0.1) is 11.3 Å². The highest BCUT2D eigenvalue weighted by Crippen LogP contribution is 2.38. The van der Waals surface area contributed by atoms with Crippen molar-refractivity contribution in [3.63, 3.8) is 0 Å². The summed E-state index contributed by atoms with van der Waals surface area (Å²) in [4.78, 5) is 1.52. The second-order valence-corrected chi connectivity index (χ2v) is 8.42. The third-order valence-electron chi connectivity index (χ3n) is 4.85. The molecule has 0 spiro atoms. The normalized spacial score (nSPS) is 25.6. The third kappa shape index (κ3) is 4.33. The van der Waals surface area contributed by atoms with Crippen LogP contribution in [0.15, 0.2) is 17.5 Å². The molecule has 0 aromatic carbocycles. The average Bonchev–Trinajstić information content (AvgIpc) is 2.91. The van der Waals surface area contributed by atoms with Gasteiger partial charge < -0.3 is 5.32 Å². The molecule has 0 radical (unpaired) electrons. The Bertz CT molecular complexity index is 369. The first kappa shape index (κ1) is 16.0. The highest BCUT2D eigenvalue weighted by atomic mass is 32.1. The zero-order valence-corrected chi connectivity index (χ0v) is 14.4. The summed E-state index contributed by atoms with van der Waals surface area (Å²) >= 11 is 1.90. The fraction of sp³-hybridized carbons (Fsp3) is 0.778. The van der Waals surface area contributed by atoms with Gasteiger partial charge in [-0.2, -0.15) is 0 Å². The molecular formula is C18H31NS. The molecule has 1 aliphatic rings. The van der Waals surface area contributed by atoms with Gasteiger partial charge in [0.2, 0.25) is 0 Å². The van der Waals surface area contributed by atoms with Crippen molar-refractivity contribution in [2.24, 2.45) is 11.3 Å². The quantitative estimate of drug-likeness (QED) is 0.725. The van der Waals surface area contributed by atoms with E-state index < -0.39 is 0 Å². The second-order valence-electron chi connectivity index (χ2n) is 7.44. The van der Waals surface area contributed by atoms with Gasteiger partial charge in [0.25, 0.3) is 0 Å². The van der Waals surface area contributed by atoms with Crippen molar-refractivity contribution in [3.8, 4) is 0 Å². The summed E-state index contributed by atoms with van der Waals surface area (Å²) in [6, 6.07) is 5.78. The van der Waals surface area contributed by atoms with E-state index in [4.69, 9.17) is 0 Å². The maximum atomic E-state index is 3.94. The highest BCUT2D eigenvalue weighted by Gasteiger charge is 2.30. The Balaban J connectivity index is 1.87. The van der Waals surface area contributed by atoms with E-state index in [9.17, 15) is 0 Å². The van der Waals surface area contributed by atoms with Crippen molar-refractivity contribution >= 4 is 11.3 Å². The molecule has 0 aliphatic heterocycles. The van der Waals surface area contributed by atoms with Crippen molar-refractivity contribution in [1.29, 1.82) is 0 Å². The lowest BCUT2D eigenvalue weighted by atomic mass is 9.71.